The summed E-state index contributed by atoms with van der Waals surface area (Å²) >= 11 is 0. The van der Waals surface area contributed by atoms with Gasteiger partial charge in [-0.25, -0.2) is 0 Å². The summed E-state index contributed by atoms with van der Waals surface area (Å²) in [6.07, 6.45) is 3.86. The van der Waals surface area contributed by atoms with Gasteiger partial charge in [0.1, 0.15) is 0 Å². The number of carbonyl (C=O) groups is 1. The van der Waals surface area contributed by atoms with Gasteiger partial charge in [-0.15, -0.1) is 0 Å². The Morgan fingerprint density at radius 3 is 2.60 bits per heavy atom. The van der Waals surface area contributed by atoms with Gasteiger partial charge in [0.05, 0.1) is 6.54 Å². The number of nitrogens with zero attached hydrogens (tertiary/aromatic N) is 1. The van der Waals surface area contributed by atoms with Gasteiger partial charge in [-0.2, -0.15) is 0 Å². The Morgan fingerprint density at radius 2 is 1.95 bits per heavy atom. The van der Waals surface area contributed by atoms with Crippen molar-refractivity contribution in [3.63, 3.8) is 0 Å². The zero-order valence-electron chi connectivity index (χ0n) is 12.2. The molecule has 2 N–H and O–H groups in total. The maximum absolute atomic E-state index is 12.2. The van der Waals surface area contributed by atoms with Gasteiger partial charge in [-0.1, -0.05) is 30.3 Å². The van der Waals surface area contributed by atoms with Crippen LogP contribution in [0.4, 0.5) is 0 Å². The molecule has 2 saturated carbocycles. The lowest BCUT2D eigenvalue weighted by Crippen LogP contribution is -2.48. The van der Waals surface area contributed by atoms with Crippen molar-refractivity contribution in [2.75, 3.05) is 13.1 Å². The number of nitrogens with two attached hydrogens (primary N) is 1. The fourth-order valence-corrected chi connectivity index (χ4v) is 4.52. The van der Waals surface area contributed by atoms with Crippen molar-refractivity contribution in [3.8, 4) is 0 Å². The average Bonchev–Trinajstić information content (AvgIpc) is 3.10. The van der Waals surface area contributed by atoms with Crippen molar-refractivity contribution in [1.82, 2.24) is 4.90 Å². The zero-order valence-corrected chi connectivity index (χ0v) is 12.2. The second-order valence-corrected chi connectivity index (χ2v) is 6.14. The standard InChI is InChI=1S/C17H24N2O/c1-2-19(15(20)11-18)17-14-9-8-13(10-14)16(17)12-6-4-3-5-7-12/h3-7,13-14,16-17H,2,8-11,18H2,1H3. The monoisotopic (exact) mass is 272 g/mol. The zero-order chi connectivity index (χ0) is 14.1. The minimum absolute atomic E-state index is 0.103. The molecule has 3 rings (SSSR count). The van der Waals surface area contributed by atoms with Crippen LogP contribution in [0.1, 0.15) is 37.7 Å². The van der Waals surface area contributed by atoms with E-state index in [4.69, 9.17) is 5.73 Å². The number of rotatable bonds is 4. The molecule has 1 amide bonds. The van der Waals surface area contributed by atoms with Crippen molar-refractivity contribution in [1.29, 1.82) is 0 Å². The first-order valence-corrected chi connectivity index (χ1v) is 7.80. The normalized spacial score (nSPS) is 31.5. The maximum atomic E-state index is 12.2. The van der Waals surface area contributed by atoms with Gasteiger partial charge in [0, 0.05) is 18.5 Å². The molecule has 3 nitrogen and oxygen atoms in total. The molecule has 3 heteroatoms. The Morgan fingerprint density at radius 1 is 1.25 bits per heavy atom. The lowest BCUT2D eigenvalue weighted by molar-refractivity contribution is -0.133. The van der Waals surface area contributed by atoms with E-state index in [2.05, 4.69) is 37.3 Å². The molecular weight excluding hydrogens is 248 g/mol. The van der Waals surface area contributed by atoms with E-state index < -0.39 is 0 Å². The number of amides is 1. The van der Waals surface area contributed by atoms with E-state index in [0.29, 0.717) is 17.9 Å². The van der Waals surface area contributed by atoms with Gasteiger partial charge < -0.3 is 10.6 Å². The molecule has 0 saturated heterocycles. The highest BCUT2D eigenvalue weighted by Gasteiger charge is 2.50. The number of fused-ring (bicyclic) bond motifs is 2. The fraction of sp³-hybridized carbons (Fsp3) is 0.588. The Bertz CT molecular complexity index is 473. The molecule has 2 bridgehead atoms. The number of carbonyl (C=O) groups excluding carboxylic acids is 1. The van der Waals surface area contributed by atoms with Gasteiger partial charge in [0.25, 0.3) is 0 Å². The van der Waals surface area contributed by atoms with Gasteiger partial charge in [-0.05, 0) is 43.6 Å². The molecule has 4 atom stereocenters. The van der Waals surface area contributed by atoms with Gasteiger partial charge in [0.2, 0.25) is 5.91 Å². The molecule has 0 aromatic heterocycles. The third-order valence-electron chi connectivity index (χ3n) is 5.25. The van der Waals surface area contributed by atoms with Crippen LogP contribution in [0.2, 0.25) is 0 Å². The Hall–Kier alpha value is -1.35. The van der Waals surface area contributed by atoms with Crippen molar-refractivity contribution in [2.24, 2.45) is 17.6 Å². The maximum Gasteiger partial charge on any atom is 0.236 e. The largest absolute Gasteiger partial charge is 0.338 e. The van der Waals surface area contributed by atoms with E-state index in [1.54, 1.807) is 0 Å². The van der Waals surface area contributed by atoms with Crippen LogP contribution in [0, 0.1) is 11.8 Å². The Labute approximate surface area is 121 Å². The van der Waals surface area contributed by atoms with Crippen LogP contribution in [0.5, 0.6) is 0 Å². The van der Waals surface area contributed by atoms with Crippen LogP contribution in [0.25, 0.3) is 0 Å². The molecule has 0 spiro atoms. The molecule has 20 heavy (non-hydrogen) atoms. The summed E-state index contributed by atoms with van der Waals surface area (Å²) in [5, 5.41) is 0. The van der Waals surface area contributed by atoms with Crippen LogP contribution in [-0.2, 0) is 4.79 Å². The van der Waals surface area contributed by atoms with E-state index in [0.717, 1.165) is 12.5 Å². The summed E-state index contributed by atoms with van der Waals surface area (Å²) in [4.78, 5) is 14.2. The lowest BCUT2D eigenvalue weighted by Gasteiger charge is -2.39. The molecule has 0 aliphatic heterocycles. The quantitative estimate of drug-likeness (QED) is 0.914. The Balaban J connectivity index is 1.93. The van der Waals surface area contributed by atoms with E-state index >= 15 is 0 Å². The smallest absolute Gasteiger partial charge is 0.236 e. The number of likely N-dealkylation sites (N-methyl/N-ethyl adjacent to an activating group) is 1. The minimum Gasteiger partial charge on any atom is -0.338 e. The first kappa shape index (κ1) is 13.6. The summed E-state index contributed by atoms with van der Waals surface area (Å²) in [7, 11) is 0. The van der Waals surface area contributed by atoms with E-state index in [9.17, 15) is 4.79 Å². The Kier molecular flexibility index (Phi) is 3.79. The van der Waals surface area contributed by atoms with Crippen molar-refractivity contribution < 1.29 is 4.79 Å². The number of benzene rings is 1. The minimum atomic E-state index is 0.103. The highest BCUT2D eigenvalue weighted by Crippen LogP contribution is 2.54. The molecule has 0 heterocycles. The van der Waals surface area contributed by atoms with Crippen LogP contribution in [-0.4, -0.2) is 29.9 Å². The van der Waals surface area contributed by atoms with E-state index in [-0.39, 0.29) is 12.5 Å². The van der Waals surface area contributed by atoms with Crippen molar-refractivity contribution in [2.45, 2.75) is 38.1 Å². The van der Waals surface area contributed by atoms with Crippen LogP contribution in [0.15, 0.2) is 30.3 Å². The van der Waals surface area contributed by atoms with Gasteiger partial charge in [0.15, 0.2) is 0 Å². The number of hydrogen-bond donors (Lipinski definition) is 1. The molecule has 2 aliphatic rings. The fourth-order valence-electron chi connectivity index (χ4n) is 4.52. The van der Waals surface area contributed by atoms with Crippen LogP contribution in [0.3, 0.4) is 0 Å². The first-order chi connectivity index (χ1) is 9.76. The topological polar surface area (TPSA) is 46.3 Å². The first-order valence-electron chi connectivity index (χ1n) is 7.80. The summed E-state index contributed by atoms with van der Waals surface area (Å²) in [6, 6.07) is 11.1. The summed E-state index contributed by atoms with van der Waals surface area (Å²) < 4.78 is 0. The lowest BCUT2D eigenvalue weighted by atomic mass is 9.79. The molecule has 2 fully saturated rings. The molecule has 4 unspecified atom stereocenters. The summed E-state index contributed by atoms with van der Waals surface area (Å²) in [6.45, 7) is 2.97. The second-order valence-electron chi connectivity index (χ2n) is 6.14. The van der Waals surface area contributed by atoms with Crippen molar-refractivity contribution >= 4 is 5.91 Å². The van der Waals surface area contributed by atoms with E-state index in [1.807, 2.05) is 4.90 Å². The number of hydrogen-bond acceptors (Lipinski definition) is 2. The summed E-state index contributed by atoms with van der Waals surface area (Å²) in [5.74, 6) is 2.02. The second kappa shape index (κ2) is 5.57. The highest BCUT2D eigenvalue weighted by atomic mass is 16.2. The predicted molar refractivity (Wildman–Crippen MR) is 80.2 cm³/mol. The third kappa shape index (κ3) is 2.14. The molecule has 108 valence electrons. The summed E-state index contributed by atoms with van der Waals surface area (Å²) in [5.41, 5.74) is 7.00. The van der Waals surface area contributed by atoms with Crippen LogP contribution < -0.4 is 5.73 Å². The molecule has 2 aliphatic carbocycles. The van der Waals surface area contributed by atoms with Gasteiger partial charge >= 0.3 is 0 Å². The molecule has 1 aromatic rings. The molecule has 0 radical (unpaired) electrons. The van der Waals surface area contributed by atoms with E-state index in [1.165, 1.54) is 24.8 Å². The van der Waals surface area contributed by atoms with Crippen LogP contribution >= 0.6 is 0 Å². The van der Waals surface area contributed by atoms with Crippen molar-refractivity contribution in [3.05, 3.63) is 35.9 Å². The molecular formula is C17H24N2O. The molecule has 1 aromatic carbocycles. The predicted octanol–water partition coefficient (Wildman–Crippen LogP) is 2.38. The van der Waals surface area contributed by atoms with Gasteiger partial charge in [-0.3, -0.25) is 4.79 Å². The highest BCUT2D eigenvalue weighted by molar-refractivity contribution is 5.78. The SMILES string of the molecule is CCN(C(=O)CN)C1C2CCC(C2)C1c1ccccc1. The average molecular weight is 272 g/mol. The third-order valence-corrected chi connectivity index (χ3v) is 5.25.